The highest BCUT2D eigenvalue weighted by Gasteiger charge is 2.27. The van der Waals surface area contributed by atoms with Crippen molar-refractivity contribution in [1.82, 2.24) is 9.88 Å². The average molecular weight is 360 g/mol. The molecule has 27 heavy (non-hydrogen) atoms. The summed E-state index contributed by atoms with van der Waals surface area (Å²) in [7, 11) is 0. The maximum atomic E-state index is 13.2. The maximum absolute atomic E-state index is 13.2. The van der Waals surface area contributed by atoms with Crippen molar-refractivity contribution < 1.29 is 9.53 Å². The van der Waals surface area contributed by atoms with E-state index in [1.54, 1.807) is 6.20 Å². The van der Waals surface area contributed by atoms with E-state index < -0.39 is 0 Å². The summed E-state index contributed by atoms with van der Waals surface area (Å²) in [6.45, 7) is 3.31. The Kier molecular flexibility index (Phi) is 5.05. The first-order chi connectivity index (χ1) is 13.2. The molecule has 4 rings (SSSR count). The number of hydrogen-bond acceptors (Lipinski definition) is 3. The standard InChI is InChI=1S/C23H24N2O2/c1-2-3-11-20-16-25(15-19-10-6-7-12-22(19)27-20)23(26)21-13-17-8-4-5-9-18(17)14-24-21/h4-10,12-14,20H,2-3,11,15-16H2,1H3/t20-/m0/s1. The van der Waals surface area contributed by atoms with Gasteiger partial charge in [0.25, 0.3) is 5.91 Å². The van der Waals surface area contributed by atoms with Gasteiger partial charge >= 0.3 is 0 Å². The third kappa shape index (κ3) is 3.80. The van der Waals surface area contributed by atoms with Crippen LogP contribution in [-0.4, -0.2) is 28.4 Å². The van der Waals surface area contributed by atoms with Crippen molar-refractivity contribution in [2.45, 2.75) is 38.8 Å². The number of carbonyl (C=O) groups excluding carboxylic acids is 1. The smallest absolute Gasteiger partial charge is 0.272 e. The van der Waals surface area contributed by atoms with Gasteiger partial charge in [-0.3, -0.25) is 9.78 Å². The second kappa shape index (κ2) is 7.78. The molecule has 4 nitrogen and oxygen atoms in total. The van der Waals surface area contributed by atoms with Crippen molar-refractivity contribution in [2.75, 3.05) is 6.54 Å². The number of carbonyl (C=O) groups is 1. The number of ether oxygens (including phenoxy) is 1. The molecule has 0 fully saturated rings. The van der Waals surface area contributed by atoms with E-state index in [0.29, 0.717) is 18.8 Å². The van der Waals surface area contributed by atoms with Gasteiger partial charge in [0.05, 0.1) is 6.54 Å². The van der Waals surface area contributed by atoms with Crippen LogP contribution in [0.1, 0.15) is 42.2 Å². The number of aromatic nitrogens is 1. The minimum absolute atomic E-state index is 0.0120. The van der Waals surface area contributed by atoms with Crippen LogP contribution in [0.3, 0.4) is 0 Å². The monoisotopic (exact) mass is 360 g/mol. The van der Waals surface area contributed by atoms with Gasteiger partial charge in [-0.25, -0.2) is 0 Å². The largest absolute Gasteiger partial charge is 0.488 e. The van der Waals surface area contributed by atoms with Crippen LogP contribution < -0.4 is 4.74 Å². The third-order valence-corrected chi connectivity index (χ3v) is 5.07. The summed E-state index contributed by atoms with van der Waals surface area (Å²) in [6, 6.07) is 17.9. The van der Waals surface area contributed by atoms with Gasteiger partial charge in [0.2, 0.25) is 0 Å². The molecule has 1 atom stereocenters. The first-order valence-electron chi connectivity index (χ1n) is 9.63. The molecule has 1 aromatic heterocycles. The predicted molar refractivity (Wildman–Crippen MR) is 107 cm³/mol. The fraction of sp³-hybridized carbons (Fsp3) is 0.304. The molecule has 0 N–H and O–H groups in total. The van der Waals surface area contributed by atoms with E-state index in [1.165, 1.54) is 0 Å². The molecule has 1 amide bonds. The zero-order valence-corrected chi connectivity index (χ0v) is 15.6. The quantitative estimate of drug-likeness (QED) is 0.669. The van der Waals surface area contributed by atoms with Crippen LogP contribution in [0.4, 0.5) is 0 Å². The van der Waals surface area contributed by atoms with Crippen molar-refractivity contribution >= 4 is 16.7 Å². The van der Waals surface area contributed by atoms with Crippen molar-refractivity contribution in [3.05, 3.63) is 72.1 Å². The SMILES string of the molecule is CCCC[C@H]1CN(C(=O)c2cc3ccccc3cn2)Cc2ccccc2O1. The Morgan fingerprint density at radius 1 is 1.15 bits per heavy atom. The lowest BCUT2D eigenvalue weighted by Gasteiger charge is -2.24. The van der Waals surface area contributed by atoms with Crippen LogP contribution in [-0.2, 0) is 6.54 Å². The summed E-state index contributed by atoms with van der Waals surface area (Å²) in [5, 5.41) is 2.07. The molecule has 0 radical (unpaired) electrons. The summed E-state index contributed by atoms with van der Waals surface area (Å²) in [4.78, 5) is 19.5. The molecule has 0 aliphatic carbocycles. The molecule has 4 heteroatoms. The summed E-state index contributed by atoms with van der Waals surface area (Å²) < 4.78 is 6.23. The second-order valence-electron chi connectivity index (χ2n) is 7.09. The molecule has 1 aliphatic rings. The number of unbranched alkanes of at least 4 members (excludes halogenated alkanes) is 1. The molecule has 0 bridgehead atoms. The zero-order valence-electron chi connectivity index (χ0n) is 15.6. The summed E-state index contributed by atoms with van der Waals surface area (Å²) >= 11 is 0. The lowest BCUT2D eigenvalue weighted by atomic mass is 10.1. The van der Waals surface area contributed by atoms with Crippen molar-refractivity contribution in [1.29, 1.82) is 0 Å². The first kappa shape index (κ1) is 17.5. The Bertz CT molecular complexity index is 954. The Labute approximate surface area is 159 Å². The number of pyridine rings is 1. The third-order valence-electron chi connectivity index (χ3n) is 5.07. The number of fused-ring (bicyclic) bond motifs is 2. The molecule has 0 spiro atoms. The Morgan fingerprint density at radius 3 is 2.78 bits per heavy atom. The zero-order chi connectivity index (χ0) is 18.6. The van der Waals surface area contributed by atoms with E-state index in [2.05, 4.69) is 11.9 Å². The van der Waals surface area contributed by atoms with Gasteiger partial charge in [-0.15, -0.1) is 0 Å². The van der Waals surface area contributed by atoms with Crippen LogP contribution in [0.15, 0.2) is 60.8 Å². The highest BCUT2D eigenvalue weighted by atomic mass is 16.5. The number of amides is 1. The van der Waals surface area contributed by atoms with Crippen molar-refractivity contribution in [3.63, 3.8) is 0 Å². The Balaban J connectivity index is 1.64. The number of benzene rings is 2. The lowest BCUT2D eigenvalue weighted by Crippen LogP contribution is -2.37. The molecule has 0 saturated heterocycles. The first-order valence-corrected chi connectivity index (χ1v) is 9.63. The highest BCUT2D eigenvalue weighted by Crippen LogP contribution is 2.27. The Morgan fingerprint density at radius 2 is 1.93 bits per heavy atom. The summed E-state index contributed by atoms with van der Waals surface area (Å²) in [6.07, 6.45) is 4.93. The molecular weight excluding hydrogens is 336 g/mol. The van der Waals surface area contributed by atoms with Gasteiger partial charge in [0.15, 0.2) is 0 Å². The van der Waals surface area contributed by atoms with E-state index >= 15 is 0 Å². The lowest BCUT2D eigenvalue weighted by molar-refractivity contribution is 0.0662. The minimum atomic E-state index is -0.0393. The van der Waals surface area contributed by atoms with Gasteiger partial charge in [-0.05, 0) is 30.4 Å². The molecule has 2 heterocycles. The van der Waals surface area contributed by atoms with Crippen LogP contribution in [0, 0.1) is 0 Å². The predicted octanol–water partition coefficient (Wildman–Crippen LogP) is 4.83. The van der Waals surface area contributed by atoms with Gasteiger partial charge < -0.3 is 9.64 Å². The van der Waals surface area contributed by atoms with Gasteiger partial charge in [0.1, 0.15) is 17.5 Å². The van der Waals surface area contributed by atoms with Crippen molar-refractivity contribution in [2.24, 2.45) is 0 Å². The van der Waals surface area contributed by atoms with Crippen LogP contribution in [0.25, 0.3) is 10.8 Å². The molecule has 0 unspecified atom stereocenters. The van der Waals surface area contributed by atoms with Gasteiger partial charge in [0, 0.05) is 23.7 Å². The molecule has 138 valence electrons. The highest BCUT2D eigenvalue weighted by molar-refractivity contribution is 5.96. The Hall–Kier alpha value is -2.88. The summed E-state index contributed by atoms with van der Waals surface area (Å²) in [5.41, 5.74) is 1.54. The van der Waals surface area contributed by atoms with E-state index in [9.17, 15) is 4.79 Å². The van der Waals surface area contributed by atoms with Crippen LogP contribution >= 0.6 is 0 Å². The number of nitrogens with zero attached hydrogens (tertiary/aromatic N) is 2. The summed E-state index contributed by atoms with van der Waals surface area (Å²) in [5.74, 6) is 0.850. The molecule has 1 aliphatic heterocycles. The fourth-order valence-electron chi connectivity index (χ4n) is 3.58. The van der Waals surface area contributed by atoms with Gasteiger partial charge in [-0.2, -0.15) is 0 Å². The molecular formula is C23H24N2O2. The fourth-order valence-corrected chi connectivity index (χ4v) is 3.58. The topological polar surface area (TPSA) is 42.4 Å². The van der Waals surface area contributed by atoms with Crippen LogP contribution in [0.2, 0.25) is 0 Å². The number of para-hydroxylation sites is 1. The van der Waals surface area contributed by atoms with Crippen LogP contribution in [0.5, 0.6) is 5.75 Å². The van der Waals surface area contributed by atoms with Crippen molar-refractivity contribution in [3.8, 4) is 5.75 Å². The average Bonchev–Trinajstić information content (AvgIpc) is 2.90. The number of rotatable bonds is 4. The van der Waals surface area contributed by atoms with Gasteiger partial charge in [-0.1, -0.05) is 55.8 Å². The number of hydrogen-bond donors (Lipinski definition) is 0. The van der Waals surface area contributed by atoms with E-state index in [-0.39, 0.29) is 12.0 Å². The minimum Gasteiger partial charge on any atom is -0.488 e. The molecule has 0 saturated carbocycles. The van der Waals surface area contributed by atoms with E-state index in [4.69, 9.17) is 4.74 Å². The van der Waals surface area contributed by atoms with E-state index in [1.807, 2.05) is 59.5 Å². The normalized spacial score (nSPS) is 16.5. The van der Waals surface area contributed by atoms with E-state index in [0.717, 1.165) is 41.3 Å². The molecule has 3 aromatic rings. The second-order valence-corrected chi connectivity index (χ2v) is 7.09. The maximum Gasteiger partial charge on any atom is 0.272 e. The molecule has 2 aromatic carbocycles.